The van der Waals surface area contributed by atoms with Crippen LogP contribution >= 0.6 is 0 Å². The smallest absolute Gasteiger partial charge is 0.411 e. The number of fused-ring (bicyclic) bond motifs is 1. The first-order valence-electron chi connectivity index (χ1n) is 12.4. The first-order chi connectivity index (χ1) is 18.9. The second-order valence-electron chi connectivity index (χ2n) is 8.78. The molecule has 4 aromatic rings. The van der Waals surface area contributed by atoms with Gasteiger partial charge in [0.1, 0.15) is 23.0 Å². The molecule has 0 aliphatic carbocycles. The minimum atomic E-state index is -1.03. The normalized spacial score (nSPS) is 10.7. The summed E-state index contributed by atoms with van der Waals surface area (Å²) in [7, 11) is 4.75. The number of benzene rings is 3. The monoisotopic (exact) mass is 532 g/mol. The van der Waals surface area contributed by atoms with Gasteiger partial charge in [0.15, 0.2) is 11.5 Å². The minimum absolute atomic E-state index is 0.274. The van der Waals surface area contributed by atoms with E-state index < -0.39 is 6.09 Å². The van der Waals surface area contributed by atoms with Crippen LogP contribution in [0.5, 0.6) is 34.5 Å². The molecule has 0 spiro atoms. The molecule has 1 heterocycles. The van der Waals surface area contributed by atoms with E-state index in [0.29, 0.717) is 58.7 Å². The number of ether oxygens (including phenoxy) is 5. The number of anilines is 1. The molecule has 39 heavy (non-hydrogen) atoms. The van der Waals surface area contributed by atoms with E-state index in [2.05, 4.69) is 4.98 Å². The van der Waals surface area contributed by atoms with Crippen molar-refractivity contribution in [3.8, 4) is 34.5 Å². The molecule has 0 aliphatic heterocycles. The van der Waals surface area contributed by atoms with Crippen molar-refractivity contribution in [1.82, 2.24) is 4.98 Å². The first kappa shape index (κ1) is 27.4. The molecule has 0 radical (unpaired) electrons. The Bertz CT molecular complexity index is 1470. The van der Waals surface area contributed by atoms with Gasteiger partial charge in [-0.3, -0.25) is 9.88 Å². The molecule has 0 saturated heterocycles. The van der Waals surface area contributed by atoms with Crippen LogP contribution in [0.4, 0.5) is 10.5 Å². The molecule has 1 amide bonds. The Morgan fingerprint density at radius 3 is 2.31 bits per heavy atom. The lowest BCUT2D eigenvalue weighted by Gasteiger charge is -2.23. The molecule has 0 atom stereocenters. The fourth-order valence-corrected chi connectivity index (χ4v) is 4.26. The summed E-state index contributed by atoms with van der Waals surface area (Å²) in [5, 5.41) is 10.7. The van der Waals surface area contributed by atoms with E-state index in [4.69, 9.17) is 23.7 Å². The number of carbonyl (C=O) groups is 1. The van der Waals surface area contributed by atoms with Crippen molar-refractivity contribution in [3.05, 3.63) is 71.9 Å². The summed E-state index contributed by atoms with van der Waals surface area (Å²) < 4.78 is 28.1. The van der Waals surface area contributed by atoms with Crippen molar-refractivity contribution >= 4 is 22.7 Å². The second-order valence-corrected chi connectivity index (χ2v) is 8.78. The molecule has 0 bridgehead atoms. The van der Waals surface area contributed by atoms with Crippen molar-refractivity contribution in [2.45, 2.75) is 20.3 Å². The maximum atomic E-state index is 12.2. The van der Waals surface area contributed by atoms with Crippen LogP contribution in [0, 0.1) is 13.8 Å². The molecule has 204 valence electrons. The number of nitrogens with zero attached hydrogens (tertiary/aromatic N) is 2. The molecule has 3 aromatic carbocycles. The van der Waals surface area contributed by atoms with Crippen LogP contribution in [0.15, 0.2) is 60.8 Å². The van der Waals surface area contributed by atoms with Crippen molar-refractivity contribution < 1.29 is 33.6 Å². The van der Waals surface area contributed by atoms with Crippen molar-refractivity contribution in [2.24, 2.45) is 0 Å². The predicted molar refractivity (Wildman–Crippen MR) is 149 cm³/mol. The molecule has 9 nitrogen and oxygen atoms in total. The lowest BCUT2D eigenvalue weighted by Crippen LogP contribution is -2.31. The molecular weight excluding hydrogens is 500 g/mol. The zero-order valence-electron chi connectivity index (χ0n) is 22.7. The maximum absolute atomic E-state index is 12.2. The number of amides is 1. The van der Waals surface area contributed by atoms with Gasteiger partial charge in [-0.25, -0.2) is 4.79 Å². The third kappa shape index (κ3) is 6.09. The number of aromatic nitrogens is 1. The number of rotatable bonds is 11. The van der Waals surface area contributed by atoms with E-state index in [1.807, 2.05) is 38.1 Å². The van der Waals surface area contributed by atoms with Gasteiger partial charge in [-0.2, -0.15) is 0 Å². The van der Waals surface area contributed by atoms with Gasteiger partial charge in [0, 0.05) is 30.3 Å². The summed E-state index contributed by atoms with van der Waals surface area (Å²) in [5.41, 5.74) is 2.93. The van der Waals surface area contributed by atoms with Gasteiger partial charge >= 0.3 is 6.09 Å². The highest BCUT2D eigenvalue weighted by molar-refractivity contribution is 5.89. The molecule has 9 heteroatoms. The molecular formula is C30H32N2O7. The van der Waals surface area contributed by atoms with Gasteiger partial charge in [0.05, 0.1) is 39.1 Å². The molecule has 0 unspecified atom stereocenters. The third-order valence-corrected chi connectivity index (χ3v) is 6.49. The van der Waals surface area contributed by atoms with E-state index in [1.54, 1.807) is 57.9 Å². The Balaban J connectivity index is 1.52. The zero-order valence-corrected chi connectivity index (χ0v) is 22.7. The van der Waals surface area contributed by atoms with Crippen LogP contribution in [0.3, 0.4) is 0 Å². The largest absolute Gasteiger partial charge is 0.497 e. The average Bonchev–Trinajstić information content (AvgIpc) is 2.95. The summed E-state index contributed by atoms with van der Waals surface area (Å²) in [6.45, 7) is 4.43. The minimum Gasteiger partial charge on any atom is -0.497 e. The number of hydrogen-bond acceptors (Lipinski definition) is 7. The van der Waals surface area contributed by atoms with Gasteiger partial charge in [0.25, 0.3) is 0 Å². The Hall–Kier alpha value is -4.66. The Morgan fingerprint density at radius 1 is 0.846 bits per heavy atom. The predicted octanol–water partition coefficient (Wildman–Crippen LogP) is 6.62. The van der Waals surface area contributed by atoms with E-state index in [9.17, 15) is 9.90 Å². The lowest BCUT2D eigenvalue weighted by atomic mass is 10.1. The highest BCUT2D eigenvalue weighted by Crippen LogP contribution is 2.39. The van der Waals surface area contributed by atoms with E-state index in [0.717, 1.165) is 16.5 Å². The number of carboxylic acid groups (broad SMARTS) is 1. The van der Waals surface area contributed by atoms with Crippen LogP contribution < -0.4 is 28.6 Å². The lowest BCUT2D eigenvalue weighted by molar-refractivity contribution is 0.201. The molecule has 0 aliphatic rings. The third-order valence-electron chi connectivity index (χ3n) is 6.49. The van der Waals surface area contributed by atoms with Crippen molar-refractivity contribution in [3.63, 3.8) is 0 Å². The highest BCUT2D eigenvalue weighted by atomic mass is 16.5. The van der Waals surface area contributed by atoms with Gasteiger partial charge in [-0.1, -0.05) is 6.07 Å². The van der Waals surface area contributed by atoms with Gasteiger partial charge in [-0.05, 0) is 67.8 Å². The van der Waals surface area contributed by atoms with Gasteiger partial charge in [-0.15, -0.1) is 0 Å². The number of hydrogen-bond donors (Lipinski definition) is 1. The summed E-state index contributed by atoms with van der Waals surface area (Å²) >= 11 is 0. The van der Waals surface area contributed by atoms with Gasteiger partial charge < -0.3 is 28.8 Å². The fraction of sp³-hybridized carbons (Fsp3) is 0.267. The Kier molecular flexibility index (Phi) is 8.60. The fourth-order valence-electron chi connectivity index (χ4n) is 4.26. The van der Waals surface area contributed by atoms with Gasteiger partial charge in [0.2, 0.25) is 0 Å². The summed E-state index contributed by atoms with van der Waals surface area (Å²) in [4.78, 5) is 17.9. The van der Waals surface area contributed by atoms with Crippen molar-refractivity contribution in [1.29, 1.82) is 0 Å². The van der Waals surface area contributed by atoms with Crippen LogP contribution in [-0.4, -0.2) is 50.7 Å². The standard InChI is InChI=1S/C30H32N2O7/c1-19-20(2)26(39-27-12-13-31-24-18-29(37-5)28(36-4)17-23(24)27)11-10-25(19)32(30(33)34)14-7-15-38-22-9-6-8-21(16-22)35-3/h6,8-13,16-18H,7,14-15H2,1-5H3,(H,33,34). The topological polar surface area (TPSA) is 99.6 Å². The van der Waals surface area contributed by atoms with Crippen molar-refractivity contribution in [2.75, 3.05) is 39.4 Å². The van der Waals surface area contributed by atoms with Crippen LogP contribution in [0.1, 0.15) is 17.5 Å². The second kappa shape index (κ2) is 12.3. The molecule has 1 aromatic heterocycles. The van der Waals surface area contributed by atoms with E-state index in [1.165, 1.54) is 4.90 Å². The molecule has 0 fully saturated rings. The SMILES string of the molecule is COc1cccc(OCCCN(C(=O)O)c2ccc(Oc3ccnc4cc(OC)c(OC)cc34)c(C)c2C)c1. The number of methoxy groups -OCH3 is 3. The quantitative estimate of drug-likeness (QED) is 0.215. The van der Waals surface area contributed by atoms with Crippen LogP contribution in [0.25, 0.3) is 10.9 Å². The summed E-state index contributed by atoms with van der Waals surface area (Å²) in [6.07, 6.45) is 1.14. The zero-order chi connectivity index (χ0) is 27.9. The molecule has 0 saturated carbocycles. The molecule has 4 rings (SSSR count). The van der Waals surface area contributed by atoms with E-state index in [-0.39, 0.29) is 6.54 Å². The van der Waals surface area contributed by atoms with Crippen LogP contribution in [-0.2, 0) is 0 Å². The van der Waals surface area contributed by atoms with E-state index >= 15 is 0 Å². The Labute approximate surface area is 227 Å². The average molecular weight is 533 g/mol. The number of pyridine rings is 1. The first-order valence-corrected chi connectivity index (χ1v) is 12.4. The Morgan fingerprint density at radius 2 is 1.59 bits per heavy atom. The summed E-state index contributed by atoms with van der Waals surface area (Å²) in [6, 6.07) is 16.3. The maximum Gasteiger partial charge on any atom is 0.411 e. The molecule has 1 N–H and O–H groups in total. The summed E-state index contributed by atoms with van der Waals surface area (Å²) in [5.74, 6) is 3.73. The van der Waals surface area contributed by atoms with Crippen LogP contribution in [0.2, 0.25) is 0 Å². The highest BCUT2D eigenvalue weighted by Gasteiger charge is 2.20.